The van der Waals surface area contributed by atoms with Gasteiger partial charge in [-0.05, 0) is 47.8 Å². The number of anilines is 1. The lowest BCUT2D eigenvalue weighted by Gasteiger charge is -2.23. The normalized spacial score (nSPS) is 21.0. The fraction of sp³-hybridized carbons (Fsp3) is 0.429. The number of ether oxygens (including phenoxy) is 1. The minimum Gasteiger partial charge on any atom is -0.478 e. The molecule has 3 N–H and O–H groups in total. The Morgan fingerprint density at radius 1 is 1.48 bits per heavy atom. The average Bonchev–Trinajstić information content (AvgIpc) is 2.86. The largest absolute Gasteiger partial charge is 0.478 e. The van der Waals surface area contributed by atoms with Gasteiger partial charge >= 0.3 is 12.0 Å². The van der Waals surface area contributed by atoms with Gasteiger partial charge in [0, 0.05) is 17.6 Å². The first kappa shape index (κ1) is 15.8. The topological polar surface area (TPSA) is 87.7 Å². The molecule has 0 aromatic heterocycles. The summed E-state index contributed by atoms with van der Waals surface area (Å²) in [6.45, 7) is 3.03. The zero-order valence-electron chi connectivity index (χ0n) is 11.6. The van der Waals surface area contributed by atoms with E-state index in [2.05, 4.69) is 26.6 Å². The molecular formula is C14H17BrN2O4. The molecule has 1 aliphatic rings. The minimum atomic E-state index is -1.10. The summed E-state index contributed by atoms with van der Waals surface area (Å²) in [6.07, 6.45) is 1.87. The number of carboxylic acids is 1. The molecule has 1 aromatic carbocycles. The van der Waals surface area contributed by atoms with Gasteiger partial charge in [0.25, 0.3) is 0 Å². The number of aromatic carboxylic acids is 1. The summed E-state index contributed by atoms with van der Waals surface area (Å²) in [7, 11) is 0. The Hall–Kier alpha value is -1.60. The van der Waals surface area contributed by atoms with Gasteiger partial charge < -0.3 is 20.5 Å². The van der Waals surface area contributed by atoms with Crippen molar-refractivity contribution in [3.8, 4) is 0 Å². The van der Waals surface area contributed by atoms with Gasteiger partial charge in [0.15, 0.2) is 0 Å². The number of nitrogens with one attached hydrogen (secondary N) is 2. The SMILES string of the molecule is CC1(CNC(=O)Nc2c(Br)cccc2C(=O)O)CCCO1. The molecule has 1 atom stereocenters. The Bertz CT molecular complexity index is 556. The summed E-state index contributed by atoms with van der Waals surface area (Å²) in [5.74, 6) is -1.10. The van der Waals surface area contributed by atoms with Crippen LogP contribution in [-0.4, -0.2) is 35.9 Å². The van der Waals surface area contributed by atoms with Crippen LogP contribution in [-0.2, 0) is 4.74 Å². The van der Waals surface area contributed by atoms with Crippen LogP contribution in [0.25, 0.3) is 0 Å². The van der Waals surface area contributed by atoms with Gasteiger partial charge in [0.1, 0.15) is 0 Å². The van der Waals surface area contributed by atoms with E-state index in [-0.39, 0.29) is 16.9 Å². The van der Waals surface area contributed by atoms with Crippen LogP contribution in [0.4, 0.5) is 10.5 Å². The zero-order chi connectivity index (χ0) is 15.5. The monoisotopic (exact) mass is 356 g/mol. The fourth-order valence-electron chi connectivity index (χ4n) is 2.23. The number of rotatable bonds is 4. The highest BCUT2D eigenvalue weighted by Crippen LogP contribution is 2.27. The zero-order valence-corrected chi connectivity index (χ0v) is 13.2. The summed E-state index contributed by atoms with van der Waals surface area (Å²) in [5.41, 5.74) is -0.0798. The van der Waals surface area contributed by atoms with E-state index in [9.17, 15) is 9.59 Å². The molecule has 0 spiro atoms. The van der Waals surface area contributed by atoms with E-state index in [0.717, 1.165) is 12.8 Å². The molecule has 1 aromatic rings. The van der Waals surface area contributed by atoms with Crippen LogP contribution in [0.2, 0.25) is 0 Å². The molecule has 1 heterocycles. The maximum absolute atomic E-state index is 11.9. The van der Waals surface area contributed by atoms with Gasteiger partial charge in [0.05, 0.1) is 16.9 Å². The molecule has 6 nitrogen and oxygen atoms in total. The number of halogens is 1. The van der Waals surface area contributed by atoms with E-state index in [0.29, 0.717) is 17.6 Å². The Morgan fingerprint density at radius 2 is 2.24 bits per heavy atom. The smallest absolute Gasteiger partial charge is 0.337 e. The molecular weight excluding hydrogens is 340 g/mol. The second-order valence-corrected chi connectivity index (χ2v) is 6.03. The molecule has 0 radical (unpaired) electrons. The molecule has 7 heteroatoms. The Balaban J connectivity index is 2.01. The number of carbonyl (C=O) groups excluding carboxylic acids is 1. The summed E-state index contributed by atoms with van der Waals surface area (Å²) in [6, 6.07) is 4.25. The molecule has 1 fully saturated rings. The molecule has 21 heavy (non-hydrogen) atoms. The molecule has 2 rings (SSSR count). The van der Waals surface area contributed by atoms with E-state index in [1.165, 1.54) is 6.07 Å². The van der Waals surface area contributed by atoms with Crippen molar-refractivity contribution in [2.45, 2.75) is 25.4 Å². The predicted octanol–water partition coefficient (Wildman–Crippen LogP) is 2.84. The molecule has 0 bridgehead atoms. The van der Waals surface area contributed by atoms with E-state index in [4.69, 9.17) is 9.84 Å². The van der Waals surface area contributed by atoms with Gasteiger partial charge in [-0.25, -0.2) is 9.59 Å². The highest BCUT2D eigenvalue weighted by molar-refractivity contribution is 9.10. The summed E-state index contributed by atoms with van der Waals surface area (Å²) in [5, 5.41) is 14.4. The number of carboxylic acid groups (broad SMARTS) is 1. The van der Waals surface area contributed by atoms with Crippen LogP contribution in [0.5, 0.6) is 0 Å². The Kier molecular flexibility index (Phi) is 4.84. The van der Waals surface area contributed by atoms with Crippen molar-refractivity contribution in [3.63, 3.8) is 0 Å². The van der Waals surface area contributed by atoms with Crippen molar-refractivity contribution >= 4 is 33.6 Å². The number of hydrogen-bond donors (Lipinski definition) is 3. The molecule has 1 aliphatic heterocycles. The lowest BCUT2D eigenvalue weighted by Crippen LogP contribution is -2.42. The van der Waals surface area contributed by atoms with Crippen molar-refractivity contribution in [2.75, 3.05) is 18.5 Å². The van der Waals surface area contributed by atoms with Crippen LogP contribution in [0.3, 0.4) is 0 Å². The summed E-state index contributed by atoms with van der Waals surface area (Å²) < 4.78 is 6.10. The van der Waals surface area contributed by atoms with Gasteiger partial charge in [0.2, 0.25) is 0 Å². The van der Waals surface area contributed by atoms with Crippen molar-refractivity contribution in [3.05, 3.63) is 28.2 Å². The standard InChI is InChI=1S/C14H17BrN2O4/c1-14(6-3-7-21-14)8-16-13(20)17-11-9(12(18)19)4-2-5-10(11)15/h2,4-5H,3,6-8H2,1H3,(H,18,19)(H2,16,17,20). The van der Waals surface area contributed by atoms with Gasteiger partial charge in [-0.3, -0.25) is 0 Å². The van der Waals surface area contributed by atoms with Crippen LogP contribution in [0, 0.1) is 0 Å². The number of para-hydroxylation sites is 1. The average molecular weight is 357 g/mol. The van der Waals surface area contributed by atoms with Crippen molar-refractivity contribution in [1.29, 1.82) is 0 Å². The minimum absolute atomic E-state index is 0.0304. The second kappa shape index (κ2) is 6.44. The number of carbonyl (C=O) groups is 2. The fourth-order valence-corrected chi connectivity index (χ4v) is 2.70. The molecule has 2 amide bonds. The van der Waals surface area contributed by atoms with Crippen molar-refractivity contribution in [2.24, 2.45) is 0 Å². The highest BCUT2D eigenvalue weighted by Gasteiger charge is 2.30. The maximum atomic E-state index is 11.9. The van der Waals surface area contributed by atoms with Crippen molar-refractivity contribution < 1.29 is 19.4 Å². The lowest BCUT2D eigenvalue weighted by molar-refractivity contribution is 0.0232. The quantitative estimate of drug-likeness (QED) is 0.773. The summed E-state index contributed by atoms with van der Waals surface area (Å²) in [4.78, 5) is 23.1. The van der Waals surface area contributed by atoms with E-state index in [1.54, 1.807) is 12.1 Å². The molecule has 1 saturated heterocycles. The summed E-state index contributed by atoms with van der Waals surface area (Å²) >= 11 is 3.24. The third kappa shape index (κ3) is 3.95. The number of benzene rings is 1. The van der Waals surface area contributed by atoms with Gasteiger partial charge in [-0.15, -0.1) is 0 Å². The van der Waals surface area contributed by atoms with Crippen LogP contribution in [0.1, 0.15) is 30.1 Å². The number of hydrogen-bond acceptors (Lipinski definition) is 3. The second-order valence-electron chi connectivity index (χ2n) is 5.18. The van der Waals surface area contributed by atoms with E-state index < -0.39 is 12.0 Å². The highest BCUT2D eigenvalue weighted by atomic mass is 79.9. The molecule has 0 saturated carbocycles. The molecule has 0 aliphatic carbocycles. The first-order valence-electron chi connectivity index (χ1n) is 6.62. The third-order valence-corrected chi connectivity index (χ3v) is 4.07. The van der Waals surface area contributed by atoms with Crippen LogP contribution >= 0.6 is 15.9 Å². The first-order valence-corrected chi connectivity index (χ1v) is 7.41. The van der Waals surface area contributed by atoms with Gasteiger partial charge in [-0.2, -0.15) is 0 Å². The Morgan fingerprint density at radius 3 is 2.86 bits per heavy atom. The third-order valence-electron chi connectivity index (χ3n) is 3.41. The molecule has 1 unspecified atom stereocenters. The van der Waals surface area contributed by atoms with E-state index in [1.807, 2.05) is 6.92 Å². The Labute approximate surface area is 131 Å². The van der Waals surface area contributed by atoms with Gasteiger partial charge in [-0.1, -0.05) is 6.07 Å². The number of urea groups is 1. The van der Waals surface area contributed by atoms with E-state index >= 15 is 0 Å². The predicted molar refractivity (Wildman–Crippen MR) is 81.7 cm³/mol. The first-order chi connectivity index (χ1) is 9.91. The van der Waals surface area contributed by atoms with Crippen LogP contribution in [0.15, 0.2) is 22.7 Å². The number of amides is 2. The van der Waals surface area contributed by atoms with Crippen molar-refractivity contribution in [1.82, 2.24) is 5.32 Å². The molecule has 114 valence electrons. The maximum Gasteiger partial charge on any atom is 0.337 e. The lowest BCUT2D eigenvalue weighted by atomic mass is 10.0. The van der Waals surface area contributed by atoms with Crippen LogP contribution < -0.4 is 10.6 Å².